The number of halogens is 1. The summed E-state index contributed by atoms with van der Waals surface area (Å²) in [7, 11) is 1.81. The van der Waals surface area contributed by atoms with E-state index in [-0.39, 0.29) is 5.82 Å². The molecule has 2 aromatic carbocycles. The van der Waals surface area contributed by atoms with Gasteiger partial charge in [-0.3, -0.25) is 4.99 Å². The smallest absolute Gasteiger partial charge is 0.194 e. The molecule has 30 heavy (non-hydrogen) atoms. The maximum atomic E-state index is 14.0. The minimum Gasteiger partial charge on any atom is -0.366 e. The van der Waals surface area contributed by atoms with Gasteiger partial charge in [0.15, 0.2) is 5.96 Å². The Morgan fingerprint density at radius 2 is 1.77 bits per heavy atom. The molecule has 4 rings (SSSR count). The molecule has 0 saturated carbocycles. The van der Waals surface area contributed by atoms with Gasteiger partial charge in [0.05, 0.1) is 12.0 Å². The molecule has 0 spiro atoms. The lowest BCUT2D eigenvalue weighted by Crippen LogP contribution is -2.52. The topological polar surface area (TPSA) is 48.7 Å². The summed E-state index contributed by atoms with van der Waals surface area (Å²) in [4.78, 5) is 12.8. The van der Waals surface area contributed by atoms with Crippen LogP contribution in [0.3, 0.4) is 0 Å². The zero-order valence-corrected chi connectivity index (χ0v) is 17.2. The largest absolute Gasteiger partial charge is 0.366 e. The standard InChI is InChI=1S/C23H27FN6/c1-25-23(30-14-12-29(13-15-30)22-5-3-2-4-21(22)24)27-16-19-6-8-20(9-7-19)17-28-11-10-26-18-28/h2-11,18H,12-17H2,1H3,(H,25,27). The molecule has 0 radical (unpaired) electrons. The number of nitrogens with zero attached hydrogens (tertiary/aromatic N) is 5. The van der Waals surface area contributed by atoms with Crippen molar-refractivity contribution in [2.45, 2.75) is 13.1 Å². The average Bonchev–Trinajstić information content (AvgIpc) is 3.29. The quantitative estimate of drug-likeness (QED) is 0.523. The lowest BCUT2D eigenvalue weighted by molar-refractivity contribution is 0.370. The van der Waals surface area contributed by atoms with Crippen LogP contribution in [0.2, 0.25) is 0 Å². The van der Waals surface area contributed by atoms with Gasteiger partial charge in [-0.2, -0.15) is 0 Å². The van der Waals surface area contributed by atoms with Crippen molar-refractivity contribution in [3.8, 4) is 0 Å². The van der Waals surface area contributed by atoms with Gasteiger partial charge >= 0.3 is 0 Å². The van der Waals surface area contributed by atoms with E-state index in [4.69, 9.17) is 0 Å². The van der Waals surface area contributed by atoms with Crippen LogP contribution in [0.5, 0.6) is 0 Å². The van der Waals surface area contributed by atoms with Crippen molar-refractivity contribution in [3.63, 3.8) is 0 Å². The Morgan fingerprint density at radius 3 is 2.43 bits per heavy atom. The van der Waals surface area contributed by atoms with E-state index in [1.807, 2.05) is 24.7 Å². The molecule has 1 N–H and O–H groups in total. The molecule has 6 nitrogen and oxygen atoms in total. The zero-order chi connectivity index (χ0) is 20.8. The van der Waals surface area contributed by atoms with E-state index in [2.05, 4.69) is 53.9 Å². The van der Waals surface area contributed by atoms with Gasteiger partial charge in [0.25, 0.3) is 0 Å². The fourth-order valence-electron chi connectivity index (χ4n) is 3.73. The summed E-state index contributed by atoms with van der Waals surface area (Å²) < 4.78 is 16.1. The van der Waals surface area contributed by atoms with Crippen LogP contribution in [-0.4, -0.2) is 53.6 Å². The summed E-state index contributed by atoms with van der Waals surface area (Å²) in [5.74, 6) is 0.718. The first-order chi connectivity index (χ1) is 14.7. The molecule has 0 atom stereocenters. The molecule has 156 valence electrons. The van der Waals surface area contributed by atoms with E-state index < -0.39 is 0 Å². The maximum absolute atomic E-state index is 14.0. The second-order valence-corrected chi connectivity index (χ2v) is 7.38. The molecule has 1 aliphatic rings. The summed E-state index contributed by atoms with van der Waals surface area (Å²) in [5.41, 5.74) is 3.12. The van der Waals surface area contributed by atoms with Crippen molar-refractivity contribution in [1.29, 1.82) is 0 Å². The van der Waals surface area contributed by atoms with Crippen LogP contribution >= 0.6 is 0 Å². The van der Waals surface area contributed by atoms with Crippen LogP contribution in [0.25, 0.3) is 0 Å². The first kappa shape index (κ1) is 19.9. The number of piperazine rings is 1. The SMILES string of the molecule is CN=C(NCc1ccc(Cn2ccnc2)cc1)N1CCN(c2ccccc2F)CC1. The number of benzene rings is 2. The Morgan fingerprint density at radius 1 is 1.03 bits per heavy atom. The Bertz CT molecular complexity index is 960. The summed E-state index contributed by atoms with van der Waals surface area (Å²) in [6.07, 6.45) is 5.58. The van der Waals surface area contributed by atoms with Crippen LogP contribution in [0.15, 0.2) is 72.2 Å². The predicted octanol–water partition coefficient (Wildman–Crippen LogP) is 2.97. The maximum Gasteiger partial charge on any atom is 0.194 e. The summed E-state index contributed by atoms with van der Waals surface area (Å²) in [6.45, 7) is 4.68. The Kier molecular flexibility index (Phi) is 6.27. The number of hydrogen-bond acceptors (Lipinski definition) is 3. The van der Waals surface area contributed by atoms with Crippen molar-refractivity contribution >= 4 is 11.6 Å². The summed E-state index contributed by atoms with van der Waals surface area (Å²) >= 11 is 0. The average molecular weight is 407 g/mol. The van der Waals surface area contributed by atoms with Crippen LogP contribution in [-0.2, 0) is 13.1 Å². The normalized spacial score (nSPS) is 14.8. The number of aromatic nitrogens is 2. The van der Waals surface area contributed by atoms with Crippen molar-refractivity contribution < 1.29 is 4.39 Å². The first-order valence-electron chi connectivity index (χ1n) is 10.2. The third-order valence-corrected chi connectivity index (χ3v) is 5.38. The van der Waals surface area contributed by atoms with Crippen LogP contribution in [0.4, 0.5) is 10.1 Å². The van der Waals surface area contributed by atoms with Crippen LogP contribution < -0.4 is 10.2 Å². The highest BCUT2D eigenvalue weighted by molar-refractivity contribution is 5.80. The molecule has 1 aromatic heterocycles. The number of nitrogens with one attached hydrogen (secondary N) is 1. The molecule has 0 aliphatic carbocycles. The molecule has 0 amide bonds. The van der Waals surface area contributed by atoms with Crippen molar-refractivity contribution in [2.24, 2.45) is 4.99 Å². The predicted molar refractivity (Wildman–Crippen MR) is 118 cm³/mol. The number of para-hydroxylation sites is 1. The van der Waals surface area contributed by atoms with Gasteiger partial charge in [-0.15, -0.1) is 0 Å². The van der Waals surface area contributed by atoms with Gasteiger partial charge in [0, 0.05) is 58.7 Å². The van der Waals surface area contributed by atoms with Gasteiger partial charge in [0.2, 0.25) is 0 Å². The Labute approximate surface area is 176 Å². The van der Waals surface area contributed by atoms with Gasteiger partial charge < -0.3 is 19.7 Å². The second-order valence-electron chi connectivity index (χ2n) is 7.38. The minimum absolute atomic E-state index is 0.162. The number of imidazole rings is 1. The monoisotopic (exact) mass is 406 g/mol. The lowest BCUT2D eigenvalue weighted by atomic mass is 10.1. The molecule has 3 aromatic rings. The number of hydrogen-bond donors (Lipinski definition) is 1. The van der Waals surface area contributed by atoms with Gasteiger partial charge in [-0.25, -0.2) is 9.37 Å². The second kappa shape index (κ2) is 9.43. The highest BCUT2D eigenvalue weighted by Crippen LogP contribution is 2.20. The van der Waals surface area contributed by atoms with E-state index in [0.29, 0.717) is 12.2 Å². The minimum atomic E-state index is -0.162. The molecule has 0 bridgehead atoms. The summed E-state index contributed by atoms with van der Waals surface area (Å²) in [6, 6.07) is 15.5. The van der Waals surface area contributed by atoms with E-state index in [1.54, 1.807) is 19.3 Å². The fraction of sp³-hybridized carbons (Fsp3) is 0.304. The van der Waals surface area contributed by atoms with E-state index in [0.717, 1.165) is 38.7 Å². The lowest BCUT2D eigenvalue weighted by Gasteiger charge is -2.37. The first-order valence-corrected chi connectivity index (χ1v) is 10.2. The number of aliphatic imine (C=N–C) groups is 1. The number of rotatable bonds is 5. The van der Waals surface area contributed by atoms with Crippen LogP contribution in [0, 0.1) is 5.82 Å². The van der Waals surface area contributed by atoms with Crippen LogP contribution in [0.1, 0.15) is 11.1 Å². The third-order valence-electron chi connectivity index (χ3n) is 5.38. The highest BCUT2D eigenvalue weighted by atomic mass is 19.1. The molecule has 7 heteroatoms. The zero-order valence-electron chi connectivity index (χ0n) is 17.2. The summed E-state index contributed by atoms with van der Waals surface area (Å²) in [5, 5.41) is 3.45. The van der Waals surface area contributed by atoms with E-state index in [9.17, 15) is 4.39 Å². The number of anilines is 1. The molecular formula is C23H27FN6. The van der Waals surface area contributed by atoms with Gasteiger partial charge in [0.1, 0.15) is 5.82 Å². The van der Waals surface area contributed by atoms with Gasteiger partial charge in [-0.1, -0.05) is 36.4 Å². The Hall–Kier alpha value is -3.35. The Balaban J connectivity index is 1.28. The molecular weight excluding hydrogens is 379 g/mol. The molecule has 1 saturated heterocycles. The number of guanidine groups is 1. The van der Waals surface area contributed by atoms with Gasteiger partial charge in [-0.05, 0) is 23.3 Å². The van der Waals surface area contributed by atoms with E-state index in [1.165, 1.54) is 17.2 Å². The molecule has 1 fully saturated rings. The molecule has 0 unspecified atom stereocenters. The van der Waals surface area contributed by atoms with E-state index >= 15 is 0 Å². The molecule has 1 aliphatic heterocycles. The highest BCUT2D eigenvalue weighted by Gasteiger charge is 2.21. The molecule has 2 heterocycles. The van der Waals surface area contributed by atoms with Crippen molar-refractivity contribution in [1.82, 2.24) is 19.8 Å². The third kappa shape index (κ3) is 4.79. The van der Waals surface area contributed by atoms with Crippen molar-refractivity contribution in [2.75, 3.05) is 38.1 Å². The van der Waals surface area contributed by atoms with Crippen molar-refractivity contribution in [3.05, 3.63) is 84.2 Å². The fourth-order valence-corrected chi connectivity index (χ4v) is 3.73.